The predicted molar refractivity (Wildman–Crippen MR) is 202 cm³/mol. The molecule has 0 saturated heterocycles. The topological polar surface area (TPSA) is 58.2 Å². The quantitative estimate of drug-likeness (QED) is 0.157. The van der Waals surface area contributed by atoms with E-state index in [0.717, 1.165) is 33.4 Å². The molecule has 0 heterocycles. The summed E-state index contributed by atoms with van der Waals surface area (Å²) >= 11 is 12.5. The second-order valence-electron chi connectivity index (χ2n) is 11.7. The average molecular weight is 678 g/mol. The molecule has 2 amide bonds. The average Bonchev–Trinajstić information content (AvgIpc) is 3.43. The number of halogens is 2. The standard InChI is InChI=1S/C43H30Cl2N2O2/c44-39-15-7-1-9-29(39)17-27-41(48)46-33-23-19-31(20-24-33)43(37-13-5-3-11-35(37)36-12-4-6-14-38(36)43)32-21-25-34(26-22-32)47-42(49)28-18-30-10-2-8-16-40(30)45/h1-28H,(H,46,48)(H,47,49)/b27-17+,28-18+. The van der Waals surface area contributed by atoms with E-state index in [2.05, 4.69) is 83.4 Å². The van der Waals surface area contributed by atoms with Crippen LogP contribution < -0.4 is 10.6 Å². The molecule has 0 radical (unpaired) electrons. The molecular formula is C43H30Cl2N2O2. The van der Waals surface area contributed by atoms with E-state index in [4.69, 9.17) is 23.2 Å². The number of amides is 2. The van der Waals surface area contributed by atoms with Crippen molar-refractivity contribution in [3.05, 3.63) is 201 Å². The Bertz CT molecular complexity index is 2080. The maximum absolute atomic E-state index is 12.8. The zero-order valence-corrected chi connectivity index (χ0v) is 27.8. The molecule has 1 aliphatic carbocycles. The summed E-state index contributed by atoms with van der Waals surface area (Å²) in [5.41, 5.74) is 9.03. The second kappa shape index (κ2) is 13.8. The molecule has 0 unspecified atom stereocenters. The Kier molecular flexibility index (Phi) is 8.99. The van der Waals surface area contributed by atoms with Crippen molar-refractivity contribution in [2.45, 2.75) is 5.41 Å². The second-order valence-corrected chi connectivity index (χ2v) is 12.5. The van der Waals surface area contributed by atoms with Crippen LogP contribution in [-0.4, -0.2) is 11.8 Å². The van der Waals surface area contributed by atoms with E-state index in [1.165, 1.54) is 23.3 Å². The number of hydrogen-bond donors (Lipinski definition) is 2. The maximum Gasteiger partial charge on any atom is 0.248 e. The summed E-state index contributed by atoms with van der Waals surface area (Å²) < 4.78 is 0. The molecule has 2 N–H and O–H groups in total. The SMILES string of the molecule is O=C(/C=C/c1ccccc1Cl)Nc1ccc(C2(c3ccc(NC(=O)/C=C/c4ccccc4Cl)cc3)c3ccccc3-c3ccccc32)cc1. The van der Waals surface area contributed by atoms with Crippen LogP contribution in [0, 0.1) is 0 Å². The summed E-state index contributed by atoms with van der Waals surface area (Å²) in [5, 5.41) is 7.10. The largest absolute Gasteiger partial charge is 0.323 e. The maximum atomic E-state index is 12.8. The normalized spacial score (nSPS) is 12.9. The van der Waals surface area contributed by atoms with Gasteiger partial charge in [-0.3, -0.25) is 9.59 Å². The first-order chi connectivity index (χ1) is 23.9. The summed E-state index contributed by atoms with van der Waals surface area (Å²) in [6, 6.07) is 47.7. The van der Waals surface area contributed by atoms with Gasteiger partial charge < -0.3 is 10.6 Å². The van der Waals surface area contributed by atoms with E-state index in [0.29, 0.717) is 21.4 Å². The molecule has 238 valence electrons. The van der Waals surface area contributed by atoms with Gasteiger partial charge in [0.15, 0.2) is 0 Å². The minimum Gasteiger partial charge on any atom is -0.323 e. The van der Waals surface area contributed by atoms with E-state index >= 15 is 0 Å². The van der Waals surface area contributed by atoms with Crippen LogP contribution in [0.3, 0.4) is 0 Å². The van der Waals surface area contributed by atoms with Gasteiger partial charge in [0.2, 0.25) is 11.8 Å². The van der Waals surface area contributed by atoms with Crippen LogP contribution in [0.15, 0.2) is 158 Å². The molecule has 0 atom stereocenters. The van der Waals surface area contributed by atoms with Crippen LogP contribution in [0.5, 0.6) is 0 Å². The Balaban J connectivity index is 1.21. The van der Waals surface area contributed by atoms with Crippen molar-refractivity contribution in [3.63, 3.8) is 0 Å². The summed E-state index contributed by atoms with van der Waals surface area (Å²) in [7, 11) is 0. The Labute approximate surface area is 295 Å². The molecule has 6 aromatic rings. The lowest BCUT2D eigenvalue weighted by Gasteiger charge is -2.34. The van der Waals surface area contributed by atoms with E-state index in [1.54, 1.807) is 24.3 Å². The van der Waals surface area contributed by atoms with Crippen molar-refractivity contribution >= 4 is 58.5 Å². The number of rotatable bonds is 8. The lowest BCUT2D eigenvalue weighted by molar-refractivity contribution is -0.112. The van der Waals surface area contributed by atoms with Crippen molar-refractivity contribution in [2.75, 3.05) is 10.6 Å². The molecular weight excluding hydrogens is 647 g/mol. The van der Waals surface area contributed by atoms with Crippen molar-refractivity contribution in [3.8, 4) is 11.1 Å². The van der Waals surface area contributed by atoms with Crippen LogP contribution in [0.2, 0.25) is 10.0 Å². The summed E-state index contributed by atoms with van der Waals surface area (Å²) in [6.07, 6.45) is 6.36. The summed E-state index contributed by atoms with van der Waals surface area (Å²) in [5.74, 6) is -0.503. The number of hydrogen-bond acceptors (Lipinski definition) is 2. The Morgan fingerprint density at radius 2 is 0.837 bits per heavy atom. The molecule has 4 nitrogen and oxygen atoms in total. The first-order valence-corrected chi connectivity index (χ1v) is 16.6. The molecule has 0 bridgehead atoms. The Hall–Kier alpha value is -5.68. The van der Waals surface area contributed by atoms with Gasteiger partial charge in [-0.1, -0.05) is 132 Å². The van der Waals surface area contributed by atoms with Crippen molar-refractivity contribution in [1.29, 1.82) is 0 Å². The van der Waals surface area contributed by atoms with Gasteiger partial charge in [-0.2, -0.15) is 0 Å². The van der Waals surface area contributed by atoms with Crippen molar-refractivity contribution in [1.82, 2.24) is 0 Å². The Morgan fingerprint density at radius 3 is 1.24 bits per heavy atom. The highest BCUT2D eigenvalue weighted by Gasteiger charge is 2.45. The number of benzene rings is 6. The zero-order valence-electron chi connectivity index (χ0n) is 26.2. The van der Waals surface area contributed by atoms with Crippen molar-refractivity contribution < 1.29 is 9.59 Å². The predicted octanol–water partition coefficient (Wildman–Crippen LogP) is 10.7. The highest BCUT2D eigenvalue weighted by molar-refractivity contribution is 6.32. The molecule has 0 saturated carbocycles. The van der Waals surface area contributed by atoms with E-state index in [1.807, 2.05) is 60.7 Å². The minimum atomic E-state index is -0.633. The lowest BCUT2D eigenvalue weighted by atomic mass is 9.67. The molecule has 6 heteroatoms. The third-order valence-electron chi connectivity index (χ3n) is 8.76. The van der Waals surface area contributed by atoms with Gasteiger partial charge in [0.05, 0.1) is 5.41 Å². The lowest BCUT2D eigenvalue weighted by Crippen LogP contribution is -2.28. The molecule has 6 aromatic carbocycles. The fraction of sp³-hybridized carbons (Fsp3) is 0.0233. The van der Waals surface area contributed by atoms with Crippen LogP contribution in [-0.2, 0) is 15.0 Å². The third-order valence-corrected chi connectivity index (χ3v) is 9.45. The number of carbonyl (C=O) groups is 2. The zero-order chi connectivity index (χ0) is 33.8. The number of fused-ring (bicyclic) bond motifs is 3. The van der Waals surface area contributed by atoms with E-state index in [9.17, 15) is 9.59 Å². The summed E-state index contributed by atoms with van der Waals surface area (Å²) in [6.45, 7) is 0. The van der Waals surface area contributed by atoms with Crippen LogP contribution >= 0.6 is 23.2 Å². The van der Waals surface area contributed by atoms with Gasteiger partial charge in [-0.25, -0.2) is 0 Å². The smallest absolute Gasteiger partial charge is 0.248 e. The van der Waals surface area contributed by atoms with Gasteiger partial charge >= 0.3 is 0 Å². The molecule has 0 fully saturated rings. The molecule has 49 heavy (non-hydrogen) atoms. The fourth-order valence-corrected chi connectivity index (χ4v) is 6.95. The first-order valence-electron chi connectivity index (χ1n) is 15.8. The van der Waals surface area contributed by atoms with Crippen LogP contribution in [0.4, 0.5) is 11.4 Å². The van der Waals surface area contributed by atoms with Crippen LogP contribution in [0.1, 0.15) is 33.4 Å². The van der Waals surface area contributed by atoms with E-state index < -0.39 is 5.41 Å². The number of carbonyl (C=O) groups excluding carboxylic acids is 2. The van der Waals surface area contributed by atoms with Gasteiger partial charge in [0.25, 0.3) is 0 Å². The molecule has 0 spiro atoms. The highest BCUT2D eigenvalue weighted by atomic mass is 35.5. The van der Waals surface area contributed by atoms with Crippen molar-refractivity contribution in [2.24, 2.45) is 0 Å². The fourth-order valence-electron chi connectivity index (χ4n) is 6.55. The van der Waals surface area contributed by atoms with Gasteiger partial charge in [-0.05, 0) is 93.1 Å². The van der Waals surface area contributed by atoms with Gasteiger partial charge in [0, 0.05) is 33.6 Å². The third kappa shape index (κ3) is 6.32. The monoisotopic (exact) mass is 676 g/mol. The number of anilines is 2. The van der Waals surface area contributed by atoms with Crippen LogP contribution in [0.25, 0.3) is 23.3 Å². The van der Waals surface area contributed by atoms with E-state index in [-0.39, 0.29) is 11.8 Å². The highest BCUT2D eigenvalue weighted by Crippen LogP contribution is 2.56. The van der Waals surface area contributed by atoms with Gasteiger partial charge in [-0.15, -0.1) is 0 Å². The number of nitrogens with one attached hydrogen (secondary N) is 2. The minimum absolute atomic E-state index is 0.252. The molecule has 7 rings (SSSR count). The Morgan fingerprint density at radius 1 is 0.469 bits per heavy atom. The molecule has 0 aliphatic heterocycles. The molecule has 0 aromatic heterocycles. The van der Waals surface area contributed by atoms with Gasteiger partial charge in [0.1, 0.15) is 0 Å². The summed E-state index contributed by atoms with van der Waals surface area (Å²) in [4.78, 5) is 25.6. The molecule has 1 aliphatic rings. The first kappa shape index (κ1) is 31.9.